The standard InChI is InChI=1S/C16H21N3O2/c1-19-16(17)13(10-18-19)11-7-8-14(20-2)15(9-11)21-12-5-3-4-6-12/h7-10,12H,3-6,17H2,1-2H3. The van der Waals surface area contributed by atoms with Crippen molar-refractivity contribution in [2.24, 2.45) is 7.05 Å². The first-order valence-electron chi connectivity index (χ1n) is 7.31. The first-order valence-corrected chi connectivity index (χ1v) is 7.31. The first-order chi connectivity index (χ1) is 10.2. The lowest BCUT2D eigenvalue weighted by Gasteiger charge is -2.16. The molecule has 0 unspecified atom stereocenters. The maximum Gasteiger partial charge on any atom is 0.162 e. The second kappa shape index (κ2) is 5.68. The summed E-state index contributed by atoms with van der Waals surface area (Å²) in [6.07, 6.45) is 6.77. The van der Waals surface area contributed by atoms with Gasteiger partial charge in [0.2, 0.25) is 0 Å². The third kappa shape index (κ3) is 2.68. The fourth-order valence-electron chi connectivity index (χ4n) is 2.79. The van der Waals surface area contributed by atoms with Crippen LogP contribution in [0.15, 0.2) is 24.4 Å². The van der Waals surface area contributed by atoms with Gasteiger partial charge in [-0.2, -0.15) is 5.10 Å². The van der Waals surface area contributed by atoms with Gasteiger partial charge in [-0.3, -0.25) is 4.68 Å². The Morgan fingerprint density at radius 3 is 2.62 bits per heavy atom. The highest BCUT2D eigenvalue weighted by Crippen LogP contribution is 2.36. The quantitative estimate of drug-likeness (QED) is 0.939. The number of hydrogen-bond acceptors (Lipinski definition) is 4. The lowest BCUT2D eigenvalue weighted by molar-refractivity contribution is 0.201. The number of nitrogen functional groups attached to an aromatic ring is 1. The molecular weight excluding hydrogens is 266 g/mol. The summed E-state index contributed by atoms with van der Waals surface area (Å²) >= 11 is 0. The number of nitrogens with two attached hydrogens (primary N) is 1. The molecule has 1 aliphatic carbocycles. The molecule has 0 atom stereocenters. The Morgan fingerprint density at radius 2 is 2.00 bits per heavy atom. The third-order valence-electron chi connectivity index (χ3n) is 4.06. The Labute approximate surface area is 124 Å². The fourth-order valence-corrected chi connectivity index (χ4v) is 2.79. The summed E-state index contributed by atoms with van der Waals surface area (Å²) in [5, 5.41) is 4.19. The minimum Gasteiger partial charge on any atom is -0.493 e. The van der Waals surface area contributed by atoms with E-state index < -0.39 is 0 Å². The van der Waals surface area contributed by atoms with Gasteiger partial charge in [0.25, 0.3) is 0 Å². The molecule has 1 aromatic heterocycles. The molecule has 5 heteroatoms. The van der Waals surface area contributed by atoms with Crippen molar-refractivity contribution >= 4 is 5.82 Å². The van der Waals surface area contributed by atoms with Gasteiger partial charge in [-0.15, -0.1) is 0 Å². The van der Waals surface area contributed by atoms with Crippen LogP contribution in [-0.4, -0.2) is 23.0 Å². The van der Waals surface area contributed by atoms with Crippen LogP contribution in [0.5, 0.6) is 11.5 Å². The summed E-state index contributed by atoms with van der Waals surface area (Å²) in [6, 6.07) is 5.89. The Balaban J connectivity index is 1.94. The van der Waals surface area contributed by atoms with Crippen LogP contribution in [0.3, 0.4) is 0 Å². The summed E-state index contributed by atoms with van der Waals surface area (Å²) in [5.74, 6) is 2.19. The third-order valence-corrected chi connectivity index (χ3v) is 4.06. The fraction of sp³-hybridized carbons (Fsp3) is 0.438. The van der Waals surface area contributed by atoms with Crippen LogP contribution in [0.2, 0.25) is 0 Å². The van der Waals surface area contributed by atoms with Crippen molar-refractivity contribution in [1.82, 2.24) is 9.78 Å². The van der Waals surface area contributed by atoms with E-state index in [1.165, 1.54) is 12.8 Å². The first kappa shape index (κ1) is 13.8. The van der Waals surface area contributed by atoms with E-state index in [1.54, 1.807) is 18.0 Å². The number of anilines is 1. The van der Waals surface area contributed by atoms with Crippen LogP contribution in [0.4, 0.5) is 5.82 Å². The normalized spacial score (nSPS) is 15.3. The van der Waals surface area contributed by atoms with Gasteiger partial charge in [0.1, 0.15) is 5.82 Å². The van der Waals surface area contributed by atoms with Crippen molar-refractivity contribution in [2.75, 3.05) is 12.8 Å². The van der Waals surface area contributed by atoms with Crippen molar-refractivity contribution in [3.8, 4) is 22.6 Å². The summed E-state index contributed by atoms with van der Waals surface area (Å²) in [7, 11) is 3.49. The second-order valence-electron chi connectivity index (χ2n) is 5.46. The monoisotopic (exact) mass is 287 g/mol. The number of ether oxygens (including phenoxy) is 2. The van der Waals surface area contributed by atoms with Gasteiger partial charge in [0, 0.05) is 12.6 Å². The molecule has 0 radical (unpaired) electrons. The molecule has 0 bridgehead atoms. The number of benzene rings is 1. The lowest BCUT2D eigenvalue weighted by atomic mass is 10.1. The summed E-state index contributed by atoms with van der Waals surface area (Å²) in [5.41, 5.74) is 7.96. The van der Waals surface area contributed by atoms with Crippen LogP contribution in [0.25, 0.3) is 11.1 Å². The molecule has 1 saturated carbocycles. The van der Waals surface area contributed by atoms with Crippen molar-refractivity contribution in [3.05, 3.63) is 24.4 Å². The number of nitrogens with zero attached hydrogens (tertiary/aromatic N) is 2. The minimum absolute atomic E-state index is 0.292. The minimum atomic E-state index is 0.292. The van der Waals surface area contributed by atoms with Crippen LogP contribution in [-0.2, 0) is 7.05 Å². The SMILES string of the molecule is COc1ccc(-c2cnn(C)c2N)cc1OC1CCCC1. The van der Waals surface area contributed by atoms with E-state index in [2.05, 4.69) is 5.10 Å². The molecule has 5 nitrogen and oxygen atoms in total. The molecule has 0 saturated heterocycles. The lowest BCUT2D eigenvalue weighted by Crippen LogP contribution is -2.11. The highest BCUT2D eigenvalue weighted by atomic mass is 16.5. The van der Waals surface area contributed by atoms with Crippen molar-refractivity contribution in [3.63, 3.8) is 0 Å². The molecule has 21 heavy (non-hydrogen) atoms. The average molecular weight is 287 g/mol. The topological polar surface area (TPSA) is 62.3 Å². The molecule has 1 aromatic carbocycles. The largest absolute Gasteiger partial charge is 0.493 e. The van der Waals surface area contributed by atoms with Crippen LogP contribution in [0.1, 0.15) is 25.7 Å². The highest BCUT2D eigenvalue weighted by molar-refractivity contribution is 5.75. The van der Waals surface area contributed by atoms with Crippen molar-refractivity contribution in [1.29, 1.82) is 0 Å². The van der Waals surface area contributed by atoms with Crippen LogP contribution < -0.4 is 15.2 Å². The molecule has 0 amide bonds. The summed E-state index contributed by atoms with van der Waals surface area (Å²) in [4.78, 5) is 0. The molecule has 2 N–H and O–H groups in total. The second-order valence-corrected chi connectivity index (χ2v) is 5.46. The van der Waals surface area contributed by atoms with Gasteiger partial charge in [0.15, 0.2) is 11.5 Å². The Morgan fingerprint density at radius 1 is 1.24 bits per heavy atom. The van der Waals surface area contributed by atoms with E-state index >= 15 is 0 Å². The zero-order valence-corrected chi connectivity index (χ0v) is 12.5. The molecule has 0 spiro atoms. The predicted octanol–water partition coefficient (Wildman–Crippen LogP) is 3.00. The molecule has 1 aliphatic rings. The predicted molar refractivity (Wildman–Crippen MR) is 82.5 cm³/mol. The van der Waals surface area contributed by atoms with Gasteiger partial charge >= 0.3 is 0 Å². The van der Waals surface area contributed by atoms with Gasteiger partial charge in [-0.1, -0.05) is 6.07 Å². The molecule has 0 aliphatic heterocycles. The van der Waals surface area contributed by atoms with Gasteiger partial charge in [0.05, 0.1) is 19.4 Å². The number of aryl methyl sites for hydroxylation is 1. The Bertz CT molecular complexity index is 630. The van der Waals surface area contributed by atoms with Crippen molar-refractivity contribution in [2.45, 2.75) is 31.8 Å². The molecular formula is C16H21N3O2. The smallest absolute Gasteiger partial charge is 0.162 e. The zero-order valence-electron chi connectivity index (χ0n) is 12.5. The van der Waals surface area contributed by atoms with Crippen molar-refractivity contribution < 1.29 is 9.47 Å². The van der Waals surface area contributed by atoms with Crippen LogP contribution >= 0.6 is 0 Å². The number of methoxy groups -OCH3 is 1. The molecule has 1 heterocycles. The van der Waals surface area contributed by atoms with Gasteiger partial charge in [-0.25, -0.2) is 0 Å². The Kier molecular flexibility index (Phi) is 3.73. The maximum atomic E-state index is 6.11. The zero-order chi connectivity index (χ0) is 14.8. The van der Waals surface area contributed by atoms with E-state index in [0.717, 1.165) is 35.5 Å². The number of aromatic nitrogens is 2. The number of hydrogen-bond donors (Lipinski definition) is 1. The van der Waals surface area contributed by atoms with E-state index in [1.807, 2.05) is 25.2 Å². The molecule has 3 rings (SSSR count). The van der Waals surface area contributed by atoms with Crippen LogP contribution in [0, 0.1) is 0 Å². The molecule has 2 aromatic rings. The average Bonchev–Trinajstić information content (AvgIpc) is 3.11. The number of rotatable bonds is 4. The molecule has 1 fully saturated rings. The van der Waals surface area contributed by atoms with E-state index in [0.29, 0.717) is 11.9 Å². The van der Waals surface area contributed by atoms with Gasteiger partial charge in [-0.05, 0) is 43.4 Å². The van der Waals surface area contributed by atoms with E-state index in [-0.39, 0.29) is 0 Å². The van der Waals surface area contributed by atoms with Gasteiger partial charge < -0.3 is 15.2 Å². The maximum absolute atomic E-state index is 6.11. The Hall–Kier alpha value is -2.17. The summed E-state index contributed by atoms with van der Waals surface area (Å²) < 4.78 is 13.2. The summed E-state index contributed by atoms with van der Waals surface area (Å²) in [6.45, 7) is 0. The van der Waals surface area contributed by atoms with E-state index in [4.69, 9.17) is 15.2 Å². The molecule has 112 valence electrons. The van der Waals surface area contributed by atoms with E-state index in [9.17, 15) is 0 Å². The highest BCUT2D eigenvalue weighted by Gasteiger charge is 2.19.